The van der Waals surface area contributed by atoms with Crippen LogP contribution in [0.25, 0.3) is 0 Å². The van der Waals surface area contributed by atoms with Crippen molar-refractivity contribution in [1.82, 2.24) is 9.97 Å². The predicted molar refractivity (Wildman–Crippen MR) is 51.4 cm³/mol. The van der Waals surface area contributed by atoms with E-state index < -0.39 is 0 Å². The van der Waals surface area contributed by atoms with Crippen molar-refractivity contribution >= 4 is 0 Å². The summed E-state index contributed by atoms with van der Waals surface area (Å²) in [5, 5.41) is 0. The molecule has 1 heterocycles. The summed E-state index contributed by atoms with van der Waals surface area (Å²) in [4.78, 5) is 8.77. The van der Waals surface area contributed by atoms with Crippen LogP contribution >= 0.6 is 0 Å². The maximum absolute atomic E-state index is 5.44. The second-order valence-electron chi connectivity index (χ2n) is 3.57. The number of nitrogens with zero attached hydrogens (tertiary/aromatic N) is 2. The van der Waals surface area contributed by atoms with E-state index >= 15 is 0 Å². The molecule has 1 aliphatic rings. The Morgan fingerprint density at radius 3 is 3.00 bits per heavy atom. The normalized spacial score (nSPS) is 16.1. The Bertz CT molecular complexity index is 281. The third-order valence-corrected chi connectivity index (χ3v) is 2.31. The largest absolute Gasteiger partial charge is 0.330 e. The van der Waals surface area contributed by atoms with E-state index in [9.17, 15) is 0 Å². The molecule has 2 rings (SSSR count). The van der Waals surface area contributed by atoms with Crippen molar-refractivity contribution in [2.75, 3.05) is 6.54 Å². The average Bonchev–Trinajstić information content (AvgIpc) is 2.98. The van der Waals surface area contributed by atoms with Crippen LogP contribution in [-0.2, 0) is 6.42 Å². The third-order valence-electron chi connectivity index (χ3n) is 2.31. The van der Waals surface area contributed by atoms with Crippen molar-refractivity contribution in [1.29, 1.82) is 0 Å². The van der Waals surface area contributed by atoms with Gasteiger partial charge in [-0.2, -0.15) is 0 Å². The minimum absolute atomic E-state index is 0.651. The lowest BCUT2D eigenvalue weighted by molar-refractivity contribution is 0.786. The standard InChI is InChI=1S/C10H15N3/c11-6-1-2-9-5-7-12-10(13-9)8-3-4-8/h5,7-8H,1-4,6,11H2. The van der Waals surface area contributed by atoms with Crippen LogP contribution in [0.3, 0.4) is 0 Å². The number of nitrogens with two attached hydrogens (primary N) is 1. The van der Waals surface area contributed by atoms with E-state index in [1.807, 2.05) is 12.3 Å². The highest BCUT2D eigenvalue weighted by atomic mass is 14.9. The average molecular weight is 177 g/mol. The molecule has 1 aliphatic carbocycles. The highest BCUT2D eigenvalue weighted by Crippen LogP contribution is 2.37. The first kappa shape index (κ1) is 8.63. The number of aryl methyl sites for hydroxylation is 1. The van der Waals surface area contributed by atoms with Gasteiger partial charge in [0.05, 0.1) is 0 Å². The van der Waals surface area contributed by atoms with Crippen LogP contribution in [0.1, 0.15) is 36.7 Å². The minimum atomic E-state index is 0.651. The molecule has 1 fully saturated rings. The summed E-state index contributed by atoms with van der Waals surface area (Å²) in [5.41, 5.74) is 6.58. The SMILES string of the molecule is NCCCc1ccnc(C2CC2)n1. The first-order chi connectivity index (χ1) is 6.40. The second kappa shape index (κ2) is 3.83. The summed E-state index contributed by atoms with van der Waals surface area (Å²) in [7, 11) is 0. The van der Waals surface area contributed by atoms with Crippen molar-refractivity contribution in [3.63, 3.8) is 0 Å². The molecule has 1 saturated carbocycles. The maximum Gasteiger partial charge on any atom is 0.131 e. The van der Waals surface area contributed by atoms with Crippen molar-refractivity contribution in [2.24, 2.45) is 5.73 Å². The van der Waals surface area contributed by atoms with E-state index in [1.165, 1.54) is 12.8 Å². The molecule has 1 aromatic heterocycles. The Labute approximate surface area is 78.4 Å². The Morgan fingerprint density at radius 1 is 1.46 bits per heavy atom. The highest BCUT2D eigenvalue weighted by Gasteiger charge is 2.26. The van der Waals surface area contributed by atoms with E-state index in [0.717, 1.165) is 30.9 Å². The van der Waals surface area contributed by atoms with Gasteiger partial charge in [-0.05, 0) is 38.3 Å². The monoisotopic (exact) mass is 177 g/mol. The van der Waals surface area contributed by atoms with E-state index in [0.29, 0.717) is 5.92 Å². The van der Waals surface area contributed by atoms with Gasteiger partial charge in [-0.1, -0.05) is 0 Å². The molecule has 0 atom stereocenters. The molecular weight excluding hydrogens is 162 g/mol. The molecule has 70 valence electrons. The molecule has 0 spiro atoms. The van der Waals surface area contributed by atoms with Gasteiger partial charge in [0.1, 0.15) is 5.82 Å². The van der Waals surface area contributed by atoms with Gasteiger partial charge in [0.25, 0.3) is 0 Å². The van der Waals surface area contributed by atoms with Crippen LogP contribution in [0, 0.1) is 0 Å². The molecule has 3 heteroatoms. The minimum Gasteiger partial charge on any atom is -0.330 e. The molecule has 13 heavy (non-hydrogen) atoms. The molecule has 0 unspecified atom stereocenters. The van der Waals surface area contributed by atoms with E-state index in [1.54, 1.807) is 0 Å². The number of hydrogen-bond donors (Lipinski definition) is 1. The summed E-state index contributed by atoms with van der Waals surface area (Å²) < 4.78 is 0. The van der Waals surface area contributed by atoms with Gasteiger partial charge in [-0.25, -0.2) is 9.97 Å². The topological polar surface area (TPSA) is 51.8 Å². The summed E-state index contributed by atoms with van der Waals surface area (Å²) in [6, 6.07) is 1.99. The maximum atomic E-state index is 5.44. The smallest absolute Gasteiger partial charge is 0.131 e. The lowest BCUT2D eigenvalue weighted by Crippen LogP contribution is -2.03. The van der Waals surface area contributed by atoms with Gasteiger partial charge in [0.15, 0.2) is 0 Å². The zero-order chi connectivity index (χ0) is 9.10. The number of hydrogen-bond acceptors (Lipinski definition) is 3. The second-order valence-corrected chi connectivity index (χ2v) is 3.57. The van der Waals surface area contributed by atoms with Crippen molar-refractivity contribution in [2.45, 2.75) is 31.6 Å². The first-order valence-electron chi connectivity index (χ1n) is 4.92. The van der Waals surface area contributed by atoms with Crippen LogP contribution in [0.2, 0.25) is 0 Å². The van der Waals surface area contributed by atoms with Gasteiger partial charge >= 0.3 is 0 Å². The zero-order valence-electron chi connectivity index (χ0n) is 7.74. The van der Waals surface area contributed by atoms with Gasteiger partial charge in [-0.3, -0.25) is 0 Å². The molecular formula is C10H15N3. The first-order valence-corrected chi connectivity index (χ1v) is 4.92. The fourth-order valence-corrected chi connectivity index (χ4v) is 1.37. The van der Waals surface area contributed by atoms with Crippen LogP contribution in [-0.4, -0.2) is 16.5 Å². The molecule has 0 saturated heterocycles. The molecule has 0 radical (unpaired) electrons. The Hall–Kier alpha value is -0.960. The van der Waals surface area contributed by atoms with E-state index in [2.05, 4.69) is 9.97 Å². The summed E-state index contributed by atoms with van der Waals surface area (Å²) in [6.07, 6.45) is 6.40. The highest BCUT2D eigenvalue weighted by molar-refractivity contribution is 5.09. The molecule has 0 aliphatic heterocycles. The Morgan fingerprint density at radius 2 is 2.31 bits per heavy atom. The summed E-state index contributed by atoms with van der Waals surface area (Å²) in [5.74, 6) is 1.69. The summed E-state index contributed by atoms with van der Waals surface area (Å²) in [6.45, 7) is 0.739. The lowest BCUT2D eigenvalue weighted by atomic mass is 10.2. The van der Waals surface area contributed by atoms with Gasteiger partial charge < -0.3 is 5.73 Å². The van der Waals surface area contributed by atoms with Crippen LogP contribution in [0.5, 0.6) is 0 Å². The molecule has 1 aromatic rings. The fourth-order valence-electron chi connectivity index (χ4n) is 1.37. The Balaban J connectivity index is 2.03. The van der Waals surface area contributed by atoms with Crippen molar-refractivity contribution in [3.8, 4) is 0 Å². The zero-order valence-corrected chi connectivity index (χ0v) is 7.74. The van der Waals surface area contributed by atoms with Gasteiger partial charge in [0.2, 0.25) is 0 Å². The molecule has 0 aromatic carbocycles. The van der Waals surface area contributed by atoms with Crippen LogP contribution in [0.4, 0.5) is 0 Å². The van der Waals surface area contributed by atoms with Crippen LogP contribution in [0.15, 0.2) is 12.3 Å². The Kier molecular flexibility index (Phi) is 2.54. The molecule has 2 N–H and O–H groups in total. The van der Waals surface area contributed by atoms with Crippen LogP contribution < -0.4 is 5.73 Å². The van der Waals surface area contributed by atoms with E-state index in [4.69, 9.17) is 5.73 Å². The third kappa shape index (κ3) is 2.25. The molecule has 0 bridgehead atoms. The number of aromatic nitrogens is 2. The summed E-state index contributed by atoms with van der Waals surface area (Å²) >= 11 is 0. The van der Waals surface area contributed by atoms with Gasteiger partial charge in [-0.15, -0.1) is 0 Å². The fraction of sp³-hybridized carbons (Fsp3) is 0.600. The molecule has 3 nitrogen and oxygen atoms in total. The lowest BCUT2D eigenvalue weighted by Gasteiger charge is -2.00. The quantitative estimate of drug-likeness (QED) is 0.753. The van der Waals surface area contributed by atoms with Gasteiger partial charge in [0, 0.05) is 17.8 Å². The number of rotatable bonds is 4. The van der Waals surface area contributed by atoms with E-state index in [-0.39, 0.29) is 0 Å². The predicted octanol–water partition coefficient (Wildman–Crippen LogP) is 1.25. The van der Waals surface area contributed by atoms with Crippen molar-refractivity contribution < 1.29 is 0 Å². The van der Waals surface area contributed by atoms with Crippen molar-refractivity contribution in [3.05, 3.63) is 23.8 Å². The molecule has 0 amide bonds.